The summed E-state index contributed by atoms with van der Waals surface area (Å²) in [7, 11) is 4.84. The summed E-state index contributed by atoms with van der Waals surface area (Å²) in [4.78, 5) is 20.4. The van der Waals surface area contributed by atoms with Crippen molar-refractivity contribution in [3.8, 4) is 17.2 Å². The SMILES string of the molecule is CCNC(=NCCc1ccc(OC)c(OC)c1OC)N1CCN(C(C)=O)CC1. The third-order valence-corrected chi connectivity index (χ3v) is 4.79. The fourth-order valence-corrected chi connectivity index (χ4v) is 3.30. The molecule has 8 heteroatoms. The number of benzene rings is 1. The maximum atomic E-state index is 11.5. The van der Waals surface area contributed by atoms with Gasteiger partial charge in [-0.3, -0.25) is 9.79 Å². The van der Waals surface area contributed by atoms with E-state index < -0.39 is 0 Å². The topological polar surface area (TPSA) is 75.6 Å². The van der Waals surface area contributed by atoms with Crippen LogP contribution in [-0.2, 0) is 11.2 Å². The molecule has 0 bridgehead atoms. The van der Waals surface area contributed by atoms with Gasteiger partial charge in [-0.25, -0.2) is 0 Å². The fourth-order valence-electron chi connectivity index (χ4n) is 3.30. The second kappa shape index (κ2) is 10.6. The molecule has 156 valence electrons. The van der Waals surface area contributed by atoms with Crippen LogP contribution in [0.25, 0.3) is 0 Å². The molecular weight excluding hydrogens is 360 g/mol. The maximum absolute atomic E-state index is 11.5. The first-order valence-corrected chi connectivity index (χ1v) is 9.62. The third kappa shape index (κ3) is 5.21. The van der Waals surface area contributed by atoms with Crippen molar-refractivity contribution in [2.75, 3.05) is 60.6 Å². The van der Waals surface area contributed by atoms with Gasteiger partial charge in [0, 0.05) is 51.8 Å². The van der Waals surface area contributed by atoms with Gasteiger partial charge in [-0.2, -0.15) is 0 Å². The van der Waals surface area contributed by atoms with Crippen molar-refractivity contribution in [3.63, 3.8) is 0 Å². The average Bonchev–Trinajstić information content (AvgIpc) is 2.72. The lowest BCUT2D eigenvalue weighted by atomic mass is 10.1. The van der Waals surface area contributed by atoms with Gasteiger partial charge < -0.3 is 29.3 Å². The summed E-state index contributed by atoms with van der Waals surface area (Å²) in [6.07, 6.45) is 0.714. The largest absolute Gasteiger partial charge is 0.493 e. The van der Waals surface area contributed by atoms with Crippen molar-refractivity contribution in [1.82, 2.24) is 15.1 Å². The molecular formula is C20H32N4O4. The van der Waals surface area contributed by atoms with E-state index in [1.165, 1.54) is 0 Å². The fraction of sp³-hybridized carbons (Fsp3) is 0.600. The number of rotatable bonds is 7. The number of methoxy groups -OCH3 is 3. The Morgan fingerprint density at radius 2 is 1.68 bits per heavy atom. The van der Waals surface area contributed by atoms with Crippen LogP contribution in [0.5, 0.6) is 17.2 Å². The van der Waals surface area contributed by atoms with E-state index in [1.54, 1.807) is 28.3 Å². The Morgan fingerprint density at radius 3 is 2.21 bits per heavy atom. The summed E-state index contributed by atoms with van der Waals surface area (Å²) in [5.74, 6) is 2.92. The number of hydrogen-bond acceptors (Lipinski definition) is 5. The molecule has 1 aromatic carbocycles. The van der Waals surface area contributed by atoms with E-state index in [4.69, 9.17) is 19.2 Å². The Kier molecular flexibility index (Phi) is 8.22. The molecule has 1 amide bonds. The van der Waals surface area contributed by atoms with Crippen LogP contribution >= 0.6 is 0 Å². The van der Waals surface area contributed by atoms with E-state index in [-0.39, 0.29) is 5.91 Å². The van der Waals surface area contributed by atoms with Crippen LogP contribution in [0.2, 0.25) is 0 Å². The van der Waals surface area contributed by atoms with Crippen molar-refractivity contribution in [3.05, 3.63) is 17.7 Å². The van der Waals surface area contributed by atoms with Crippen molar-refractivity contribution >= 4 is 11.9 Å². The molecule has 28 heavy (non-hydrogen) atoms. The molecule has 0 aliphatic carbocycles. The lowest BCUT2D eigenvalue weighted by Gasteiger charge is -2.36. The quantitative estimate of drug-likeness (QED) is 0.558. The summed E-state index contributed by atoms with van der Waals surface area (Å²) in [5.41, 5.74) is 1.01. The molecule has 2 rings (SSSR count). The van der Waals surface area contributed by atoms with E-state index in [2.05, 4.69) is 17.1 Å². The minimum absolute atomic E-state index is 0.127. The first kappa shape index (κ1) is 21.7. The average molecular weight is 393 g/mol. The summed E-state index contributed by atoms with van der Waals surface area (Å²) >= 11 is 0. The van der Waals surface area contributed by atoms with Gasteiger partial charge in [0.15, 0.2) is 17.5 Å². The molecule has 0 aromatic heterocycles. The van der Waals surface area contributed by atoms with E-state index in [0.29, 0.717) is 30.2 Å². The smallest absolute Gasteiger partial charge is 0.219 e. The minimum Gasteiger partial charge on any atom is -0.493 e. The second-order valence-electron chi connectivity index (χ2n) is 6.47. The van der Waals surface area contributed by atoms with Crippen LogP contribution in [0.4, 0.5) is 0 Å². The molecule has 1 aliphatic heterocycles. The highest BCUT2D eigenvalue weighted by atomic mass is 16.5. The lowest BCUT2D eigenvalue weighted by Crippen LogP contribution is -2.53. The molecule has 0 atom stereocenters. The number of piperazine rings is 1. The van der Waals surface area contributed by atoms with Gasteiger partial charge in [-0.1, -0.05) is 6.07 Å². The monoisotopic (exact) mass is 392 g/mol. The van der Waals surface area contributed by atoms with Crippen molar-refractivity contribution < 1.29 is 19.0 Å². The molecule has 0 radical (unpaired) electrons. The number of amides is 1. The highest BCUT2D eigenvalue weighted by Crippen LogP contribution is 2.39. The predicted octanol–water partition coefficient (Wildman–Crippen LogP) is 1.38. The Hall–Kier alpha value is -2.64. The highest BCUT2D eigenvalue weighted by molar-refractivity contribution is 5.80. The Balaban J connectivity index is 2.07. The number of hydrogen-bond donors (Lipinski definition) is 1. The molecule has 1 heterocycles. The van der Waals surface area contributed by atoms with Crippen LogP contribution in [0.3, 0.4) is 0 Å². The number of carbonyl (C=O) groups is 1. The van der Waals surface area contributed by atoms with Gasteiger partial charge in [0.25, 0.3) is 0 Å². The Morgan fingerprint density at radius 1 is 1.04 bits per heavy atom. The zero-order valence-corrected chi connectivity index (χ0v) is 17.6. The lowest BCUT2D eigenvalue weighted by molar-refractivity contribution is -0.130. The van der Waals surface area contributed by atoms with Crippen LogP contribution in [-0.4, -0.2) is 82.3 Å². The molecule has 1 saturated heterocycles. The molecule has 1 fully saturated rings. The number of aliphatic imine (C=N–C) groups is 1. The molecule has 8 nitrogen and oxygen atoms in total. The standard InChI is InChI=1S/C20H32N4O4/c1-6-21-20(24-13-11-23(12-14-24)15(2)25)22-10-9-16-7-8-17(26-3)19(28-5)18(16)27-4/h7-8H,6,9-14H2,1-5H3,(H,21,22). The van der Waals surface area contributed by atoms with E-state index in [1.807, 2.05) is 17.0 Å². The van der Waals surface area contributed by atoms with Crippen molar-refractivity contribution in [2.24, 2.45) is 4.99 Å². The first-order valence-electron chi connectivity index (χ1n) is 9.62. The van der Waals surface area contributed by atoms with Gasteiger partial charge in [-0.05, 0) is 19.4 Å². The first-order chi connectivity index (χ1) is 13.5. The number of nitrogens with one attached hydrogen (secondary N) is 1. The molecule has 1 aromatic rings. The highest BCUT2D eigenvalue weighted by Gasteiger charge is 2.21. The van der Waals surface area contributed by atoms with Gasteiger partial charge in [0.05, 0.1) is 21.3 Å². The van der Waals surface area contributed by atoms with Gasteiger partial charge >= 0.3 is 0 Å². The number of carbonyl (C=O) groups excluding carboxylic acids is 1. The minimum atomic E-state index is 0.127. The summed E-state index contributed by atoms with van der Waals surface area (Å²) in [5, 5.41) is 3.35. The second-order valence-corrected chi connectivity index (χ2v) is 6.47. The molecule has 0 unspecified atom stereocenters. The van der Waals surface area contributed by atoms with Crippen LogP contribution in [0.15, 0.2) is 17.1 Å². The zero-order valence-electron chi connectivity index (χ0n) is 17.6. The number of ether oxygens (including phenoxy) is 3. The van der Waals surface area contributed by atoms with Crippen LogP contribution in [0, 0.1) is 0 Å². The normalized spacial score (nSPS) is 14.7. The molecule has 1 N–H and O–H groups in total. The Labute approximate surface area is 167 Å². The summed E-state index contributed by atoms with van der Waals surface area (Å²) in [6.45, 7) is 8.10. The van der Waals surface area contributed by atoms with Crippen LogP contribution in [0.1, 0.15) is 19.4 Å². The van der Waals surface area contributed by atoms with Gasteiger partial charge in [-0.15, -0.1) is 0 Å². The van der Waals surface area contributed by atoms with E-state index >= 15 is 0 Å². The number of nitrogens with zero attached hydrogens (tertiary/aromatic N) is 3. The molecule has 0 saturated carbocycles. The maximum Gasteiger partial charge on any atom is 0.219 e. The Bertz CT molecular complexity index is 685. The van der Waals surface area contributed by atoms with E-state index in [0.717, 1.165) is 44.2 Å². The predicted molar refractivity (Wildman–Crippen MR) is 110 cm³/mol. The van der Waals surface area contributed by atoms with Crippen molar-refractivity contribution in [1.29, 1.82) is 0 Å². The van der Waals surface area contributed by atoms with E-state index in [9.17, 15) is 4.79 Å². The van der Waals surface area contributed by atoms with Gasteiger partial charge in [0.1, 0.15) is 0 Å². The summed E-state index contributed by atoms with van der Waals surface area (Å²) < 4.78 is 16.3. The van der Waals surface area contributed by atoms with Crippen LogP contribution < -0.4 is 19.5 Å². The zero-order chi connectivity index (χ0) is 20.5. The van der Waals surface area contributed by atoms with Gasteiger partial charge in [0.2, 0.25) is 11.7 Å². The molecule has 1 aliphatic rings. The number of guanidine groups is 1. The molecule has 0 spiro atoms. The summed E-state index contributed by atoms with van der Waals surface area (Å²) in [6, 6.07) is 3.86. The third-order valence-electron chi connectivity index (χ3n) is 4.79. The van der Waals surface area contributed by atoms with Crippen molar-refractivity contribution in [2.45, 2.75) is 20.3 Å².